The second kappa shape index (κ2) is 7.36. The zero-order valence-electron chi connectivity index (χ0n) is 13.7. The highest BCUT2D eigenvalue weighted by atomic mass is 79.9. The van der Waals surface area contributed by atoms with Crippen LogP contribution in [0.3, 0.4) is 0 Å². The molecule has 1 aliphatic rings. The summed E-state index contributed by atoms with van der Waals surface area (Å²) in [4.78, 5) is 25.1. The molecule has 0 bridgehead atoms. The van der Waals surface area contributed by atoms with Gasteiger partial charge in [0.2, 0.25) is 0 Å². The molecule has 2 rings (SSSR count). The van der Waals surface area contributed by atoms with Crippen molar-refractivity contribution in [1.29, 1.82) is 0 Å². The maximum Gasteiger partial charge on any atom is 0.336 e. The molecule has 0 aromatic heterocycles. The van der Waals surface area contributed by atoms with Crippen LogP contribution >= 0.6 is 15.9 Å². The number of methoxy groups -OCH3 is 2. The molecule has 0 fully saturated rings. The van der Waals surface area contributed by atoms with Crippen LogP contribution < -0.4 is 5.32 Å². The third-order valence-electron chi connectivity index (χ3n) is 4.27. The zero-order chi connectivity index (χ0) is 17.9. The number of hydrogen-bond donors (Lipinski definition) is 2. The van der Waals surface area contributed by atoms with E-state index in [1.807, 2.05) is 6.07 Å². The van der Waals surface area contributed by atoms with Crippen LogP contribution in [-0.2, 0) is 19.1 Å². The number of rotatable bonds is 4. The van der Waals surface area contributed by atoms with E-state index in [1.165, 1.54) is 20.3 Å². The van der Waals surface area contributed by atoms with Crippen molar-refractivity contribution in [3.05, 3.63) is 40.9 Å². The van der Waals surface area contributed by atoms with Gasteiger partial charge >= 0.3 is 11.9 Å². The van der Waals surface area contributed by atoms with E-state index in [4.69, 9.17) is 9.47 Å². The number of hydrogen-bond acceptors (Lipinski definition) is 6. The number of aliphatic hydroxyl groups is 1. The van der Waals surface area contributed by atoms with Gasteiger partial charge < -0.3 is 19.9 Å². The van der Waals surface area contributed by atoms with Gasteiger partial charge in [-0.3, -0.25) is 4.79 Å². The monoisotopic (exact) mass is 397 g/mol. The molecule has 7 heteroatoms. The summed E-state index contributed by atoms with van der Waals surface area (Å²) in [5.74, 6) is -2.79. The Labute approximate surface area is 149 Å². The number of esters is 2. The van der Waals surface area contributed by atoms with Crippen molar-refractivity contribution in [2.75, 3.05) is 19.5 Å². The highest BCUT2D eigenvalue weighted by molar-refractivity contribution is 9.11. The van der Waals surface area contributed by atoms with E-state index >= 15 is 0 Å². The number of anilines is 1. The Hall–Kier alpha value is -1.86. The van der Waals surface area contributed by atoms with Crippen LogP contribution in [0.4, 0.5) is 5.69 Å². The first-order chi connectivity index (χ1) is 11.4. The van der Waals surface area contributed by atoms with Gasteiger partial charge in [-0.15, -0.1) is 0 Å². The molecule has 0 saturated heterocycles. The van der Waals surface area contributed by atoms with E-state index in [0.717, 1.165) is 0 Å². The first kappa shape index (κ1) is 18.5. The van der Waals surface area contributed by atoms with Crippen LogP contribution in [0.25, 0.3) is 0 Å². The molecule has 0 radical (unpaired) electrons. The summed E-state index contributed by atoms with van der Waals surface area (Å²) >= 11 is 3.29. The molecule has 4 atom stereocenters. The van der Waals surface area contributed by atoms with Gasteiger partial charge in [-0.1, -0.05) is 41.1 Å². The van der Waals surface area contributed by atoms with Crippen LogP contribution in [0.2, 0.25) is 0 Å². The second-order valence-electron chi connectivity index (χ2n) is 5.69. The fourth-order valence-corrected chi connectivity index (χ4v) is 3.83. The lowest BCUT2D eigenvalue weighted by atomic mass is 9.69. The van der Waals surface area contributed by atoms with Crippen LogP contribution in [0, 0.1) is 11.8 Å². The SMILES string of the molecule is COC(=O)[C@@H]1[C@@H](C)[C@H](O)C(Br)=C[C@]1(Nc1ccccc1)C(=O)OC. The van der Waals surface area contributed by atoms with Crippen LogP contribution in [0.15, 0.2) is 40.9 Å². The number of ether oxygens (including phenoxy) is 2. The quantitative estimate of drug-likeness (QED) is 0.756. The van der Waals surface area contributed by atoms with E-state index in [9.17, 15) is 14.7 Å². The van der Waals surface area contributed by atoms with Crippen LogP contribution in [-0.4, -0.2) is 42.9 Å². The lowest BCUT2D eigenvalue weighted by molar-refractivity contribution is -0.160. The van der Waals surface area contributed by atoms with Crippen molar-refractivity contribution < 1.29 is 24.2 Å². The first-order valence-electron chi connectivity index (χ1n) is 7.43. The third-order valence-corrected chi connectivity index (χ3v) is 4.96. The second-order valence-corrected chi connectivity index (χ2v) is 6.60. The average molecular weight is 398 g/mol. The molecular weight excluding hydrogens is 378 g/mol. The van der Waals surface area contributed by atoms with Gasteiger partial charge in [0.15, 0.2) is 5.54 Å². The Balaban J connectivity index is 2.63. The fraction of sp³-hybridized carbons (Fsp3) is 0.412. The molecular formula is C17H20BrNO5. The molecule has 0 aliphatic heterocycles. The molecule has 130 valence electrons. The van der Waals surface area contributed by atoms with Gasteiger partial charge in [-0.2, -0.15) is 0 Å². The van der Waals surface area contributed by atoms with Crippen LogP contribution in [0.5, 0.6) is 0 Å². The average Bonchev–Trinajstić information content (AvgIpc) is 2.59. The molecule has 2 N–H and O–H groups in total. The Morgan fingerprint density at radius 2 is 1.83 bits per heavy atom. The highest BCUT2D eigenvalue weighted by Crippen LogP contribution is 2.42. The van der Waals surface area contributed by atoms with Crippen molar-refractivity contribution in [1.82, 2.24) is 0 Å². The van der Waals surface area contributed by atoms with Crippen molar-refractivity contribution in [2.24, 2.45) is 11.8 Å². The Morgan fingerprint density at radius 1 is 1.21 bits per heavy atom. The van der Waals surface area contributed by atoms with E-state index in [2.05, 4.69) is 21.2 Å². The predicted molar refractivity (Wildman–Crippen MR) is 92.5 cm³/mol. The summed E-state index contributed by atoms with van der Waals surface area (Å²) < 4.78 is 10.3. The molecule has 0 unspecified atom stereocenters. The molecule has 6 nitrogen and oxygen atoms in total. The maximum absolute atomic E-state index is 12.7. The summed E-state index contributed by atoms with van der Waals surface area (Å²) in [6.45, 7) is 1.69. The molecule has 0 saturated carbocycles. The van der Waals surface area contributed by atoms with Crippen molar-refractivity contribution in [3.8, 4) is 0 Å². The molecule has 1 aromatic rings. The molecule has 0 spiro atoms. The van der Waals surface area contributed by atoms with Gasteiger partial charge in [0.1, 0.15) is 0 Å². The van der Waals surface area contributed by atoms with E-state index in [0.29, 0.717) is 10.2 Å². The van der Waals surface area contributed by atoms with Gasteiger partial charge in [-0.25, -0.2) is 4.79 Å². The summed E-state index contributed by atoms with van der Waals surface area (Å²) in [6, 6.07) is 9.00. The Morgan fingerprint density at radius 3 is 2.38 bits per heavy atom. The number of carbonyl (C=O) groups is 2. The number of para-hydroxylation sites is 1. The summed E-state index contributed by atoms with van der Waals surface area (Å²) in [7, 11) is 2.50. The summed E-state index contributed by atoms with van der Waals surface area (Å²) in [5, 5.41) is 13.4. The highest BCUT2D eigenvalue weighted by Gasteiger charge is 2.56. The van der Waals surface area contributed by atoms with Crippen molar-refractivity contribution >= 4 is 33.6 Å². The van der Waals surface area contributed by atoms with E-state index in [-0.39, 0.29) is 0 Å². The number of carbonyl (C=O) groups excluding carboxylic acids is 2. The minimum Gasteiger partial charge on any atom is -0.469 e. The van der Waals surface area contributed by atoms with Crippen molar-refractivity contribution in [3.63, 3.8) is 0 Å². The first-order valence-corrected chi connectivity index (χ1v) is 8.22. The normalized spacial score (nSPS) is 29.4. The van der Waals surface area contributed by atoms with Crippen LogP contribution in [0.1, 0.15) is 6.92 Å². The maximum atomic E-state index is 12.7. The van der Waals surface area contributed by atoms with E-state index < -0.39 is 35.4 Å². The van der Waals surface area contributed by atoms with Gasteiger partial charge in [0.25, 0.3) is 0 Å². The Kier molecular flexibility index (Phi) is 5.66. The van der Waals surface area contributed by atoms with Gasteiger partial charge in [0, 0.05) is 16.1 Å². The lowest BCUT2D eigenvalue weighted by Gasteiger charge is -2.43. The fourth-order valence-electron chi connectivity index (χ4n) is 3.05. The Bertz CT molecular complexity index is 648. The largest absolute Gasteiger partial charge is 0.469 e. The zero-order valence-corrected chi connectivity index (χ0v) is 15.2. The molecule has 1 aromatic carbocycles. The molecule has 0 amide bonds. The summed E-state index contributed by atoms with van der Waals surface area (Å²) in [6.07, 6.45) is 0.558. The predicted octanol–water partition coefficient (Wildman–Crippen LogP) is 2.09. The number of benzene rings is 1. The molecule has 0 heterocycles. The van der Waals surface area contributed by atoms with Gasteiger partial charge in [-0.05, 0) is 18.2 Å². The smallest absolute Gasteiger partial charge is 0.336 e. The minimum atomic E-state index is -1.50. The third kappa shape index (κ3) is 3.18. The number of nitrogens with one attached hydrogen (secondary N) is 1. The molecule has 1 aliphatic carbocycles. The molecule has 24 heavy (non-hydrogen) atoms. The number of aliphatic hydroxyl groups excluding tert-OH is 1. The number of halogens is 1. The van der Waals surface area contributed by atoms with Crippen molar-refractivity contribution in [2.45, 2.75) is 18.6 Å². The lowest BCUT2D eigenvalue weighted by Crippen LogP contribution is -2.60. The topological polar surface area (TPSA) is 84.9 Å². The summed E-state index contributed by atoms with van der Waals surface area (Å²) in [5.41, 5.74) is -0.863. The minimum absolute atomic E-state index is 0.406. The standard InChI is InChI=1S/C17H20BrNO5/c1-10-13(15(21)23-2)17(16(22)24-3,9-12(18)14(10)20)19-11-7-5-4-6-8-11/h4-10,13-14,19-20H,1-3H3/t10-,13+,14+,17-/m1/s1. The van der Waals surface area contributed by atoms with E-state index in [1.54, 1.807) is 31.2 Å². The van der Waals surface area contributed by atoms with Gasteiger partial charge in [0.05, 0.1) is 26.2 Å².